The maximum absolute atomic E-state index is 13.2. The van der Waals surface area contributed by atoms with E-state index in [4.69, 9.17) is 11.6 Å². The van der Waals surface area contributed by atoms with Gasteiger partial charge in [-0.25, -0.2) is 4.39 Å². The molecule has 8 heteroatoms. The fraction of sp³-hybridized carbons (Fsp3) is 0.238. The number of rotatable bonds is 3. The first-order chi connectivity index (χ1) is 13.8. The average Bonchev–Trinajstić information content (AvgIpc) is 2.67. The molecule has 0 bridgehead atoms. The molecule has 0 fully saturated rings. The van der Waals surface area contributed by atoms with Gasteiger partial charge in [0.25, 0.3) is 5.69 Å². The number of hydrogen-bond donors (Lipinski definition) is 1. The number of hydrogen-bond acceptors (Lipinski definition) is 4. The fourth-order valence-electron chi connectivity index (χ4n) is 4.11. The van der Waals surface area contributed by atoms with Crippen molar-refractivity contribution in [1.82, 2.24) is 5.32 Å². The van der Waals surface area contributed by atoms with Crippen molar-refractivity contribution in [3.05, 3.63) is 85.8 Å². The van der Waals surface area contributed by atoms with Crippen LogP contribution in [-0.2, 0) is 9.59 Å². The van der Waals surface area contributed by atoms with Crippen LogP contribution in [0, 0.1) is 15.9 Å². The highest BCUT2D eigenvalue weighted by atomic mass is 35.5. The van der Waals surface area contributed by atoms with Gasteiger partial charge in [-0.05, 0) is 41.7 Å². The van der Waals surface area contributed by atoms with Crippen molar-refractivity contribution in [3.8, 4) is 0 Å². The van der Waals surface area contributed by atoms with Crippen LogP contribution in [0.4, 0.5) is 10.1 Å². The van der Waals surface area contributed by atoms with Crippen LogP contribution in [0.25, 0.3) is 0 Å². The zero-order valence-corrected chi connectivity index (χ0v) is 15.9. The van der Waals surface area contributed by atoms with Crippen LogP contribution in [0.5, 0.6) is 0 Å². The van der Waals surface area contributed by atoms with E-state index in [1.165, 1.54) is 30.3 Å². The van der Waals surface area contributed by atoms with Crippen molar-refractivity contribution in [2.45, 2.75) is 31.1 Å². The largest absolute Gasteiger partial charge is 0.329 e. The average molecular weight is 415 g/mol. The molecular formula is C21H16ClFN2O4. The number of Topliss-reactive ketones (excluding diaryl/α,β-unsaturated/α-hetero) is 1. The van der Waals surface area contributed by atoms with Crippen LogP contribution in [0.15, 0.2) is 53.7 Å². The van der Waals surface area contributed by atoms with Crippen LogP contribution in [-0.4, -0.2) is 16.6 Å². The summed E-state index contributed by atoms with van der Waals surface area (Å²) in [6.07, 6.45) is 0.623. The summed E-state index contributed by atoms with van der Waals surface area (Å²) in [7, 11) is 0. The Morgan fingerprint density at radius 1 is 1.07 bits per heavy atom. The van der Waals surface area contributed by atoms with Crippen LogP contribution in [0.2, 0.25) is 5.02 Å². The molecule has 1 aliphatic heterocycles. The smallest absolute Gasteiger partial charge is 0.269 e. The van der Waals surface area contributed by atoms with E-state index in [9.17, 15) is 24.1 Å². The third-order valence-electron chi connectivity index (χ3n) is 5.44. The first-order valence-electron chi connectivity index (χ1n) is 9.09. The highest BCUT2D eigenvalue weighted by Gasteiger charge is 2.39. The Hall–Kier alpha value is -3.06. The minimum Gasteiger partial charge on any atom is -0.329 e. The van der Waals surface area contributed by atoms with Crippen molar-refractivity contribution < 1.29 is 18.9 Å². The molecule has 4 rings (SSSR count). The number of nitrogens with zero attached hydrogens (tertiary/aromatic N) is 1. The fourth-order valence-corrected chi connectivity index (χ4v) is 4.36. The molecule has 0 aromatic heterocycles. The van der Waals surface area contributed by atoms with Crippen molar-refractivity contribution in [3.63, 3.8) is 0 Å². The van der Waals surface area contributed by atoms with Gasteiger partial charge < -0.3 is 5.32 Å². The molecule has 0 radical (unpaired) electrons. The third kappa shape index (κ3) is 3.65. The number of allylic oxidation sites excluding steroid dienone is 2. The summed E-state index contributed by atoms with van der Waals surface area (Å²) in [5.74, 6) is -1.59. The van der Waals surface area contributed by atoms with E-state index in [1.807, 2.05) is 0 Å². The van der Waals surface area contributed by atoms with E-state index in [0.717, 1.165) is 5.56 Å². The molecule has 1 N–H and O–H groups in total. The number of halogens is 2. The van der Waals surface area contributed by atoms with Gasteiger partial charge in [-0.15, -0.1) is 0 Å². The van der Waals surface area contributed by atoms with E-state index in [2.05, 4.69) is 5.32 Å². The standard InChI is InChI=1S/C21H16ClFN2O4/c22-17-6-5-14(25(28)29)9-15(17)16-10-20(27)24-18-7-12(8-19(26)21(16)18)11-1-3-13(23)4-2-11/h1-6,9,12,16H,7-8,10H2,(H,24,27)/t12-,16-/m1/s1. The molecule has 1 amide bonds. The molecule has 0 saturated carbocycles. The lowest BCUT2D eigenvalue weighted by molar-refractivity contribution is -0.384. The molecule has 148 valence electrons. The maximum atomic E-state index is 13.2. The number of ketones is 1. The van der Waals surface area contributed by atoms with E-state index in [0.29, 0.717) is 23.3 Å². The van der Waals surface area contributed by atoms with E-state index in [-0.39, 0.29) is 47.0 Å². The Bertz CT molecular complexity index is 1060. The van der Waals surface area contributed by atoms with Crippen molar-refractivity contribution in [2.75, 3.05) is 0 Å². The number of nitro benzene ring substituents is 1. The van der Waals surface area contributed by atoms with Gasteiger partial charge >= 0.3 is 0 Å². The number of nitro groups is 1. The normalized spacial score (nSPS) is 21.6. The zero-order valence-electron chi connectivity index (χ0n) is 15.2. The minimum atomic E-state index is -0.632. The van der Waals surface area contributed by atoms with Gasteiger partial charge in [0.05, 0.1) is 4.92 Å². The molecule has 2 aromatic rings. The highest BCUT2D eigenvalue weighted by Crippen LogP contribution is 2.44. The number of carbonyl (C=O) groups excluding carboxylic acids is 2. The van der Waals surface area contributed by atoms with Crippen LogP contribution in [0.3, 0.4) is 0 Å². The number of carbonyl (C=O) groups is 2. The number of benzene rings is 2. The second-order valence-electron chi connectivity index (χ2n) is 7.24. The number of non-ortho nitro benzene ring substituents is 1. The third-order valence-corrected chi connectivity index (χ3v) is 5.79. The maximum Gasteiger partial charge on any atom is 0.269 e. The molecule has 1 aliphatic carbocycles. The van der Waals surface area contributed by atoms with Gasteiger partial charge in [-0.3, -0.25) is 19.7 Å². The molecular weight excluding hydrogens is 399 g/mol. The zero-order chi connectivity index (χ0) is 20.7. The summed E-state index contributed by atoms with van der Waals surface area (Å²) in [6, 6.07) is 9.99. The summed E-state index contributed by atoms with van der Waals surface area (Å²) >= 11 is 6.28. The molecule has 29 heavy (non-hydrogen) atoms. The Balaban J connectivity index is 1.75. The SMILES string of the molecule is O=C1C[C@H](c2cc([N+](=O)[O-])ccc2Cl)C2=C(C[C@@H](c3ccc(F)cc3)CC2=O)N1. The van der Waals surface area contributed by atoms with Crippen LogP contribution >= 0.6 is 11.6 Å². The Labute approximate surface area is 170 Å². The second kappa shape index (κ2) is 7.40. The van der Waals surface area contributed by atoms with Gasteiger partial charge in [0.2, 0.25) is 5.91 Å². The van der Waals surface area contributed by atoms with E-state index < -0.39 is 10.8 Å². The predicted molar refractivity (Wildman–Crippen MR) is 104 cm³/mol. The van der Waals surface area contributed by atoms with Crippen LogP contribution < -0.4 is 5.32 Å². The molecule has 0 saturated heterocycles. The molecule has 1 heterocycles. The first kappa shape index (κ1) is 19.3. The van der Waals surface area contributed by atoms with E-state index >= 15 is 0 Å². The molecule has 2 atom stereocenters. The van der Waals surface area contributed by atoms with Gasteiger partial charge in [0.1, 0.15) is 5.82 Å². The topological polar surface area (TPSA) is 89.3 Å². The summed E-state index contributed by atoms with van der Waals surface area (Å²) in [4.78, 5) is 36.0. The first-order valence-corrected chi connectivity index (χ1v) is 9.46. The Morgan fingerprint density at radius 3 is 2.48 bits per heavy atom. The summed E-state index contributed by atoms with van der Waals surface area (Å²) in [5, 5.41) is 14.2. The van der Waals surface area contributed by atoms with Crippen LogP contribution in [0.1, 0.15) is 42.2 Å². The molecule has 0 unspecified atom stereocenters. The van der Waals surface area contributed by atoms with Crippen molar-refractivity contribution >= 4 is 29.0 Å². The summed E-state index contributed by atoms with van der Waals surface area (Å²) < 4.78 is 13.2. The molecule has 2 aliphatic rings. The Kier molecular flexibility index (Phi) is 4.92. The quantitative estimate of drug-likeness (QED) is 0.595. The molecule has 0 spiro atoms. The second-order valence-corrected chi connectivity index (χ2v) is 7.65. The van der Waals surface area contributed by atoms with Gasteiger partial charge in [-0.2, -0.15) is 0 Å². The lowest BCUT2D eigenvalue weighted by Gasteiger charge is -2.34. The van der Waals surface area contributed by atoms with E-state index in [1.54, 1.807) is 12.1 Å². The summed E-state index contributed by atoms with van der Waals surface area (Å²) in [5.41, 5.74) is 2.03. The lowest BCUT2D eigenvalue weighted by atomic mass is 9.73. The van der Waals surface area contributed by atoms with Gasteiger partial charge in [0.15, 0.2) is 5.78 Å². The summed E-state index contributed by atoms with van der Waals surface area (Å²) in [6.45, 7) is 0. The Morgan fingerprint density at radius 2 is 1.79 bits per heavy atom. The van der Waals surface area contributed by atoms with Crippen molar-refractivity contribution in [2.24, 2.45) is 0 Å². The van der Waals surface area contributed by atoms with Gasteiger partial charge in [0, 0.05) is 47.2 Å². The predicted octanol–water partition coefficient (Wildman–Crippen LogP) is 4.39. The lowest BCUT2D eigenvalue weighted by Crippen LogP contribution is -2.38. The highest BCUT2D eigenvalue weighted by molar-refractivity contribution is 6.31. The number of nitrogens with one attached hydrogen (secondary N) is 1. The van der Waals surface area contributed by atoms with Crippen molar-refractivity contribution in [1.29, 1.82) is 0 Å². The molecule has 2 aromatic carbocycles. The monoisotopic (exact) mass is 414 g/mol. The van der Waals surface area contributed by atoms with Gasteiger partial charge in [-0.1, -0.05) is 23.7 Å². The minimum absolute atomic E-state index is 0.00727. The molecule has 6 nitrogen and oxygen atoms in total. The number of amides is 1.